The van der Waals surface area contributed by atoms with Crippen LogP contribution in [0.5, 0.6) is 0 Å². The summed E-state index contributed by atoms with van der Waals surface area (Å²) in [5.74, 6) is 0.813. The molecular weight excluding hydrogens is 216 g/mol. The predicted molar refractivity (Wildman–Crippen MR) is 64.4 cm³/mol. The lowest BCUT2D eigenvalue weighted by Crippen LogP contribution is -2.42. The van der Waals surface area contributed by atoms with Crippen LogP contribution in [0.2, 0.25) is 0 Å². The van der Waals surface area contributed by atoms with E-state index in [9.17, 15) is 0 Å². The van der Waals surface area contributed by atoms with Crippen LogP contribution in [-0.2, 0) is 6.54 Å². The molecule has 2 aromatic heterocycles. The Morgan fingerprint density at radius 2 is 2.24 bits per heavy atom. The Morgan fingerprint density at radius 1 is 1.35 bits per heavy atom. The molecule has 1 fully saturated rings. The van der Waals surface area contributed by atoms with Crippen LogP contribution in [0.3, 0.4) is 0 Å². The van der Waals surface area contributed by atoms with E-state index in [1.54, 1.807) is 6.26 Å². The van der Waals surface area contributed by atoms with Gasteiger partial charge in [0.15, 0.2) is 5.76 Å². The van der Waals surface area contributed by atoms with Crippen molar-refractivity contribution in [2.45, 2.75) is 6.54 Å². The maximum Gasteiger partial charge on any atom is 0.154 e. The lowest BCUT2D eigenvalue weighted by atomic mass is 10.2. The molecule has 90 valence electrons. The Labute approximate surface area is 99.8 Å². The molecule has 1 saturated heterocycles. The SMILES string of the molecule is c1coc(-c2cc(CN3CCNCC3)[nH]n2)c1. The second kappa shape index (κ2) is 4.73. The smallest absolute Gasteiger partial charge is 0.154 e. The molecule has 0 aliphatic carbocycles. The highest BCUT2D eigenvalue weighted by Crippen LogP contribution is 2.18. The van der Waals surface area contributed by atoms with E-state index in [4.69, 9.17) is 4.42 Å². The number of nitrogens with one attached hydrogen (secondary N) is 2. The Balaban J connectivity index is 1.68. The van der Waals surface area contributed by atoms with E-state index >= 15 is 0 Å². The summed E-state index contributed by atoms with van der Waals surface area (Å²) in [4.78, 5) is 2.41. The van der Waals surface area contributed by atoms with Crippen molar-refractivity contribution in [1.29, 1.82) is 0 Å². The molecule has 5 heteroatoms. The van der Waals surface area contributed by atoms with Gasteiger partial charge in [0.1, 0.15) is 5.69 Å². The molecule has 0 amide bonds. The van der Waals surface area contributed by atoms with Crippen LogP contribution in [0.25, 0.3) is 11.5 Å². The van der Waals surface area contributed by atoms with Crippen molar-refractivity contribution in [2.24, 2.45) is 0 Å². The fourth-order valence-corrected chi connectivity index (χ4v) is 2.10. The highest BCUT2D eigenvalue weighted by Gasteiger charge is 2.12. The van der Waals surface area contributed by atoms with Crippen LogP contribution in [-0.4, -0.2) is 41.3 Å². The molecule has 2 N–H and O–H groups in total. The van der Waals surface area contributed by atoms with Gasteiger partial charge in [-0.25, -0.2) is 0 Å². The summed E-state index contributed by atoms with van der Waals surface area (Å²) in [7, 11) is 0. The number of hydrogen-bond donors (Lipinski definition) is 2. The van der Waals surface area contributed by atoms with Gasteiger partial charge in [-0.2, -0.15) is 5.10 Å². The predicted octanol–water partition coefficient (Wildman–Crippen LogP) is 1.07. The molecule has 0 spiro atoms. The zero-order valence-corrected chi connectivity index (χ0v) is 9.65. The van der Waals surface area contributed by atoms with E-state index in [2.05, 4.69) is 26.5 Å². The molecule has 0 saturated carbocycles. The van der Waals surface area contributed by atoms with Gasteiger partial charge < -0.3 is 9.73 Å². The topological polar surface area (TPSA) is 57.1 Å². The van der Waals surface area contributed by atoms with E-state index in [0.29, 0.717) is 0 Å². The largest absolute Gasteiger partial charge is 0.463 e. The molecule has 1 aliphatic heterocycles. The summed E-state index contributed by atoms with van der Waals surface area (Å²) in [5, 5.41) is 10.7. The number of aromatic nitrogens is 2. The third-order valence-corrected chi connectivity index (χ3v) is 3.01. The van der Waals surface area contributed by atoms with E-state index in [1.165, 1.54) is 0 Å². The van der Waals surface area contributed by atoms with Gasteiger partial charge >= 0.3 is 0 Å². The number of furan rings is 1. The zero-order valence-electron chi connectivity index (χ0n) is 9.65. The van der Waals surface area contributed by atoms with Crippen LogP contribution in [0.1, 0.15) is 5.69 Å². The third kappa shape index (κ3) is 2.40. The average molecular weight is 232 g/mol. The molecule has 0 radical (unpaired) electrons. The van der Waals surface area contributed by atoms with Gasteiger partial charge in [0.05, 0.1) is 6.26 Å². The summed E-state index contributed by atoms with van der Waals surface area (Å²) in [5.41, 5.74) is 2.01. The molecule has 3 heterocycles. The van der Waals surface area contributed by atoms with Crippen molar-refractivity contribution in [3.8, 4) is 11.5 Å². The molecule has 17 heavy (non-hydrogen) atoms. The Morgan fingerprint density at radius 3 is 3.00 bits per heavy atom. The summed E-state index contributed by atoms with van der Waals surface area (Å²) >= 11 is 0. The van der Waals surface area contributed by atoms with Crippen molar-refractivity contribution in [2.75, 3.05) is 26.2 Å². The minimum atomic E-state index is 0.813. The molecule has 0 unspecified atom stereocenters. The number of nitrogens with zero attached hydrogens (tertiary/aromatic N) is 2. The Kier molecular flexibility index (Phi) is 2.94. The van der Waals surface area contributed by atoms with Crippen molar-refractivity contribution >= 4 is 0 Å². The van der Waals surface area contributed by atoms with E-state index in [1.807, 2.05) is 12.1 Å². The maximum absolute atomic E-state index is 5.32. The summed E-state index contributed by atoms with van der Waals surface area (Å²) in [6.07, 6.45) is 1.67. The average Bonchev–Trinajstić information content (AvgIpc) is 3.00. The van der Waals surface area contributed by atoms with Gasteiger partial charge in [0, 0.05) is 38.4 Å². The number of piperazine rings is 1. The molecule has 2 aromatic rings. The first kappa shape index (κ1) is 10.6. The van der Waals surface area contributed by atoms with E-state index < -0.39 is 0 Å². The molecule has 1 aliphatic rings. The Bertz CT molecular complexity index is 457. The van der Waals surface area contributed by atoms with Crippen molar-refractivity contribution in [3.63, 3.8) is 0 Å². The van der Waals surface area contributed by atoms with E-state index in [0.717, 1.165) is 49.9 Å². The molecule has 0 aromatic carbocycles. The third-order valence-electron chi connectivity index (χ3n) is 3.01. The van der Waals surface area contributed by atoms with Gasteiger partial charge in [-0.15, -0.1) is 0 Å². The van der Waals surface area contributed by atoms with Crippen LogP contribution < -0.4 is 5.32 Å². The standard InChI is InChI=1S/C12H16N4O/c1-2-12(17-7-1)11-8-10(14-15-11)9-16-5-3-13-4-6-16/h1-2,7-8,13H,3-6,9H2,(H,14,15). The van der Waals surface area contributed by atoms with Crippen molar-refractivity contribution < 1.29 is 4.42 Å². The lowest BCUT2D eigenvalue weighted by molar-refractivity contribution is 0.230. The highest BCUT2D eigenvalue weighted by atomic mass is 16.3. The molecule has 3 rings (SSSR count). The molecular formula is C12H16N4O. The minimum absolute atomic E-state index is 0.813. The minimum Gasteiger partial charge on any atom is -0.463 e. The van der Waals surface area contributed by atoms with Crippen LogP contribution in [0.15, 0.2) is 28.9 Å². The second-order valence-electron chi connectivity index (χ2n) is 4.28. The summed E-state index contributed by atoms with van der Waals surface area (Å²) in [6.45, 7) is 5.25. The summed E-state index contributed by atoms with van der Waals surface area (Å²) < 4.78 is 5.32. The zero-order chi connectivity index (χ0) is 11.5. The van der Waals surface area contributed by atoms with Gasteiger partial charge in [0.25, 0.3) is 0 Å². The number of aromatic amines is 1. The number of rotatable bonds is 3. The van der Waals surface area contributed by atoms with Gasteiger partial charge in [-0.3, -0.25) is 10.00 Å². The van der Waals surface area contributed by atoms with Crippen molar-refractivity contribution in [3.05, 3.63) is 30.2 Å². The fourth-order valence-electron chi connectivity index (χ4n) is 2.10. The monoisotopic (exact) mass is 232 g/mol. The molecule has 0 atom stereocenters. The fraction of sp³-hybridized carbons (Fsp3) is 0.417. The van der Waals surface area contributed by atoms with Crippen LogP contribution >= 0.6 is 0 Å². The number of hydrogen-bond acceptors (Lipinski definition) is 4. The first-order valence-electron chi connectivity index (χ1n) is 5.93. The molecule has 5 nitrogen and oxygen atoms in total. The van der Waals surface area contributed by atoms with Gasteiger partial charge in [-0.05, 0) is 18.2 Å². The second-order valence-corrected chi connectivity index (χ2v) is 4.28. The Hall–Kier alpha value is -1.59. The maximum atomic E-state index is 5.32. The normalized spacial score (nSPS) is 17.4. The van der Waals surface area contributed by atoms with E-state index in [-0.39, 0.29) is 0 Å². The quantitative estimate of drug-likeness (QED) is 0.831. The number of H-pyrrole nitrogens is 1. The molecule has 0 bridgehead atoms. The first-order chi connectivity index (χ1) is 8.42. The highest BCUT2D eigenvalue weighted by molar-refractivity contribution is 5.51. The van der Waals surface area contributed by atoms with Crippen LogP contribution in [0, 0.1) is 0 Å². The van der Waals surface area contributed by atoms with Gasteiger partial charge in [-0.1, -0.05) is 0 Å². The first-order valence-corrected chi connectivity index (χ1v) is 5.93. The van der Waals surface area contributed by atoms with Crippen molar-refractivity contribution in [1.82, 2.24) is 20.4 Å². The summed E-state index contributed by atoms with van der Waals surface area (Å²) in [6, 6.07) is 5.85. The lowest BCUT2D eigenvalue weighted by Gasteiger charge is -2.26. The van der Waals surface area contributed by atoms with Gasteiger partial charge in [0.2, 0.25) is 0 Å². The van der Waals surface area contributed by atoms with Crippen LogP contribution in [0.4, 0.5) is 0 Å².